The van der Waals surface area contributed by atoms with Gasteiger partial charge in [-0.15, -0.1) is 0 Å². The number of anilines is 2. The largest absolute Gasteiger partial charge is 0.396 e. The zero-order chi connectivity index (χ0) is 11.4. The number of nitrogen functional groups attached to an aromatic ring is 1. The molecule has 0 spiro atoms. The molecular formula is C11H20N4. The molecule has 15 heavy (non-hydrogen) atoms. The molecule has 0 radical (unpaired) electrons. The first-order chi connectivity index (χ1) is 7.00. The minimum Gasteiger partial charge on any atom is -0.396 e. The molecule has 0 unspecified atom stereocenters. The Hall–Kier alpha value is -1.29. The van der Waals surface area contributed by atoms with Gasteiger partial charge in [0, 0.05) is 26.3 Å². The molecule has 0 aliphatic rings. The molecule has 0 amide bonds. The van der Waals surface area contributed by atoms with E-state index in [1.165, 1.54) is 0 Å². The summed E-state index contributed by atoms with van der Waals surface area (Å²) in [6.07, 6.45) is 1.85. The van der Waals surface area contributed by atoms with Crippen LogP contribution >= 0.6 is 0 Å². The Morgan fingerprint density at radius 1 is 1.27 bits per heavy atom. The lowest BCUT2D eigenvalue weighted by atomic mass is 10.3. The third-order valence-corrected chi connectivity index (χ3v) is 2.28. The summed E-state index contributed by atoms with van der Waals surface area (Å²) < 4.78 is 0. The van der Waals surface area contributed by atoms with Gasteiger partial charge in [-0.25, -0.2) is 4.98 Å². The lowest BCUT2D eigenvalue weighted by molar-refractivity contribution is 0.416. The van der Waals surface area contributed by atoms with Gasteiger partial charge in [-0.05, 0) is 32.6 Å². The molecule has 0 saturated carbocycles. The number of aromatic nitrogens is 1. The topological polar surface area (TPSA) is 45.4 Å². The lowest BCUT2D eigenvalue weighted by Crippen LogP contribution is -2.29. The Balaban J connectivity index is 2.69. The smallest absolute Gasteiger partial charge is 0.151 e. The number of aryl methyl sites for hydroxylation is 1. The van der Waals surface area contributed by atoms with Gasteiger partial charge in [0.1, 0.15) is 0 Å². The molecule has 84 valence electrons. The second-order valence-corrected chi connectivity index (χ2v) is 4.15. The van der Waals surface area contributed by atoms with E-state index in [4.69, 9.17) is 5.73 Å². The molecular weight excluding hydrogens is 188 g/mol. The standard InChI is InChI=1S/C11H20N4/c1-9-7-10(12)11(13-8-9)15(4)6-5-14(2)3/h7-8H,5-6,12H2,1-4H3. The van der Waals surface area contributed by atoms with Gasteiger partial charge in [0.05, 0.1) is 5.69 Å². The van der Waals surface area contributed by atoms with Crippen LogP contribution in [0.2, 0.25) is 0 Å². The van der Waals surface area contributed by atoms with Gasteiger partial charge in [0.25, 0.3) is 0 Å². The summed E-state index contributed by atoms with van der Waals surface area (Å²) in [6.45, 7) is 3.91. The average Bonchev–Trinajstić information content (AvgIpc) is 2.14. The Morgan fingerprint density at radius 2 is 1.93 bits per heavy atom. The van der Waals surface area contributed by atoms with Crippen molar-refractivity contribution in [2.24, 2.45) is 0 Å². The van der Waals surface area contributed by atoms with Crippen molar-refractivity contribution in [1.29, 1.82) is 0 Å². The summed E-state index contributed by atoms with van der Waals surface area (Å²) in [5.74, 6) is 0.863. The Bertz CT molecular complexity index is 322. The molecule has 4 heteroatoms. The molecule has 0 aliphatic heterocycles. The summed E-state index contributed by atoms with van der Waals surface area (Å²) in [6, 6.07) is 1.95. The van der Waals surface area contributed by atoms with Crippen molar-refractivity contribution in [2.45, 2.75) is 6.92 Å². The van der Waals surface area contributed by atoms with Gasteiger partial charge in [0.2, 0.25) is 0 Å². The van der Waals surface area contributed by atoms with Crippen LogP contribution in [0.4, 0.5) is 11.5 Å². The van der Waals surface area contributed by atoms with E-state index in [9.17, 15) is 0 Å². The molecule has 4 nitrogen and oxygen atoms in total. The highest BCUT2D eigenvalue weighted by atomic mass is 15.2. The Kier molecular flexibility index (Phi) is 3.91. The molecule has 1 rings (SSSR count). The SMILES string of the molecule is Cc1cnc(N(C)CCN(C)C)c(N)c1. The number of nitrogens with zero attached hydrogens (tertiary/aromatic N) is 3. The van der Waals surface area contributed by atoms with E-state index in [1.54, 1.807) is 0 Å². The summed E-state index contributed by atoms with van der Waals surface area (Å²) in [5.41, 5.74) is 7.75. The monoisotopic (exact) mass is 208 g/mol. The maximum absolute atomic E-state index is 5.91. The van der Waals surface area contributed by atoms with Gasteiger partial charge in [-0.3, -0.25) is 0 Å². The molecule has 2 N–H and O–H groups in total. The number of pyridine rings is 1. The van der Waals surface area contributed by atoms with Crippen molar-refractivity contribution < 1.29 is 0 Å². The second-order valence-electron chi connectivity index (χ2n) is 4.15. The van der Waals surface area contributed by atoms with Crippen LogP contribution in [0.1, 0.15) is 5.56 Å². The maximum atomic E-state index is 5.91. The third-order valence-electron chi connectivity index (χ3n) is 2.28. The highest BCUT2D eigenvalue weighted by Crippen LogP contribution is 2.19. The second kappa shape index (κ2) is 4.98. The van der Waals surface area contributed by atoms with Gasteiger partial charge in [-0.1, -0.05) is 0 Å². The van der Waals surface area contributed by atoms with E-state index in [0.717, 1.165) is 30.2 Å². The van der Waals surface area contributed by atoms with Crippen LogP contribution in [-0.4, -0.2) is 44.1 Å². The fourth-order valence-corrected chi connectivity index (χ4v) is 1.36. The zero-order valence-electron chi connectivity index (χ0n) is 9.99. The molecule has 0 aliphatic carbocycles. The van der Waals surface area contributed by atoms with Crippen LogP contribution in [0.3, 0.4) is 0 Å². The van der Waals surface area contributed by atoms with Crippen LogP contribution in [0.15, 0.2) is 12.3 Å². The van der Waals surface area contributed by atoms with Crippen LogP contribution in [0, 0.1) is 6.92 Å². The van der Waals surface area contributed by atoms with Crippen molar-refractivity contribution in [3.8, 4) is 0 Å². The predicted octanol–water partition coefficient (Wildman–Crippen LogP) is 0.970. The highest BCUT2D eigenvalue weighted by Gasteiger charge is 2.06. The summed E-state index contributed by atoms with van der Waals surface area (Å²) >= 11 is 0. The normalized spacial score (nSPS) is 10.7. The minimum atomic E-state index is 0.747. The van der Waals surface area contributed by atoms with E-state index in [2.05, 4.69) is 28.9 Å². The van der Waals surface area contributed by atoms with Crippen molar-refractivity contribution in [3.05, 3.63) is 17.8 Å². The fourth-order valence-electron chi connectivity index (χ4n) is 1.36. The number of hydrogen-bond donors (Lipinski definition) is 1. The first-order valence-electron chi connectivity index (χ1n) is 5.08. The number of rotatable bonds is 4. The van der Waals surface area contributed by atoms with Gasteiger partial charge in [-0.2, -0.15) is 0 Å². The van der Waals surface area contributed by atoms with Gasteiger partial charge < -0.3 is 15.5 Å². The number of hydrogen-bond acceptors (Lipinski definition) is 4. The number of nitrogens with two attached hydrogens (primary N) is 1. The highest BCUT2D eigenvalue weighted by molar-refractivity contribution is 5.62. The fraction of sp³-hybridized carbons (Fsp3) is 0.545. The first kappa shape index (κ1) is 11.8. The predicted molar refractivity (Wildman–Crippen MR) is 65.2 cm³/mol. The maximum Gasteiger partial charge on any atom is 0.151 e. The van der Waals surface area contributed by atoms with Crippen LogP contribution in [-0.2, 0) is 0 Å². The molecule has 1 heterocycles. The van der Waals surface area contributed by atoms with Crippen LogP contribution in [0.25, 0.3) is 0 Å². The molecule has 0 fully saturated rings. The first-order valence-corrected chi connectivity index (χ1v) is 5.08. The van der Waals surface area contributed by atoms with Crippen LogP contribution < -0.4 is 10.6 Å². The van der Waals surface area contributed by atoms with Crippen molar-refractivity contribution in [3.63, 3.8) is 0 Å². The molecule has 0 aromatic carbocycles. The van der Waals surface area contributed by atoms with E-state index < -0.39 is 0 Å². The summed E-state index contributed by atoms with van der Waals surface area (Å²) in [5, 5.41) is 0. The zero-order valence-corrected chi connectivity index (χ0v) is 9.99. The van der Waals surface area contributed by atoms with Crippen molar-refractivity contribution in [2.75, 3.05) is 44.9 Å². The summed E-state index contributed by atoms with van der Waals surface area (Å²) in [7, 11) is 6.12. The number of likely N-dealkylation sites (N-methyl/N-ethyl adjacent to an activating group) is 2. The van der Waals surface area contributed by atoms with Crippen molar-refractivity contribution in [1.82, 2.24) is 9.88 Å². The average molecular weight is 208 g/mol. The molecule has 1 aromatic heterocycles. The molecule has 0 bridgehead atoms. The Labute approximate surface area is 91.7 Å². The van der Waals surface area contributed by atoms with Crippen LogP contribution in [0.5, 0.6) is 0 Å². The molecule has 0 saturated heterocycles. The van der Waals surface area contributed by atoms with E-state index >= 15 is 0 Å². The van der Waals surface area contributed by atoms with E-state index in [1.807, 2.05) is 26.2 Å². The molecule has 0 atom stereocenters. The minimum absolute atomic E-state index is 0.747. The lowest BCUT2D eigenvalue weighted by Gasteiger charge is -2.21. The quantitative estimate of drug-likeness (QED) is 0.801. The van der Waals surface area contributed by atoms with Gasteiger partial charge in [0.15, 0.2) is 5.82 Å². The Morgan fingerprint density at radius 3 is 2.47 bits per heavy atom. The van der Waals surface area contributed by atoms with E-state index in [0.29, 0.717) is 0 Å². The van der Waals surface area contributed by atoms with Crippen molar-refractivity contribution >= 4 is 11.5 Å². The molecule has 1 aromatic rings. The summed E-state index contributed by atoms with van der Waals surface area (Å²) in [4.78, 5) is 8.56. The third kappa shape index (κ3) is 3.40. The van der Waals surface area contributed by atoms with E-state index in [-0.39, 0.29) is 0 Å². The van der Waals surface area contributed by atoms with Gasteiger partial charge >= 0.3 is 0 Å².